The number of aromatic nitrogens is 1. The third-order valence-electron chi connectivity index (χ3n) is 5.61. The molecule has 1 aliphatic heterocycles. The van der Waals surface area contributed by atoms with Crippen LogP contribution in [-0.4, -0.2) is 35.8 Å². The predicted molar refractivity (Wildman–Crippen MR) is 97.1 cm³/mol. The Kier molecular flexibility index (Phi) is 5.17. The molecule has 2 aliphatic carbocycles. The fourth-order valence-corrected chi connectivity index (χ4v) is 4.05. The summed E-state index contributed by atoms with van der Waals surface area (Å²) in [5, 5.41) is 12.6. The molecule has 2 fully saturated rings. The third-order valence-corrected chi connectivity index (χ3v) is 5.61. The summed E-state index contributed by atoms with van der Waals surface area (Å²) in [6.45, 7) is 1.09. The fourth-order valence-electron chi connectivity index (χ4n) is 4.05. The highest BCUT2D eigenvalue weighted by Gasteiger charge is 2.32. The standard InChI is InChI=1S/C20H25N3O4/c21-10-16-15-5-1-2-6-17(15)23(11-14-4-3-9-26-14)19(16)22-18(24)12-27-20(25)13-7-8-13/h13-14H,1-9,11-12H2,(H,22,24)/t14-/m1/s1. The molecular weight excluding hydrogens is 346 g/mol. The molecule has 1 saturated heterocycles. The smallest absolute Gasteiger partial charge is 0.309 e. The Hall–Kier alpha value is -2.33. The van der Waals surface area contributed by atoms with Gasteiger partial charge in [-0.15, -0.1) is 0 Å². The van der Waals surface area contributed by atoms with E-state index in [4.69, 9.17) is 9.47 Å². The van der Waals surface area contributed by atoms with Gasteiger partial charge in [-0.3, -0.25) is 9.59 Å². The second-order valence-electron chi connectivity index (χ2n) is 7.64. The molecule has 7 nitrogen and oxygen atoms in total. The molecule has 4 rings (SSSR count). The SMILES string of the molecule is N#Cc1c2c(n(C[C@H]3CCCO3)c1NC(=O)COC(=O)C1CC1)CCCC2. The summed E-state index contributed by atoms with van der Waals surface area (Å²) in [6, 6.07) is 2.28. The maximum atomic E-state index is 12.4. The number of rotatable bonds is 6. The van der Waals surface area contributed by atoms with Crippen molar-refractivity contribution >= 4 is 17.7 Å². The molecule has 1 aromatic rings. The molecular formula is C20H25N3O4. The van der Waals surface area contributed by atoms with Crippen LogP contribution < -0.4 is 5.32 Å². The Balaban J connectivity index is 1.55. The highest BCUT2D eigenvalue weighted by atomic mass is 16.5. The molecule has 1 aromatic heterocycles. The average molecular weight is 371 g/mol. The van der Waals surface area contributed by atoms with Gasteiger partial charge in [-0.1, -0.05) is 0 Å². The first-order valence-corrected chi connectivity index (χ1v) is 9.89. The molecule has 2 heterocycles. The zero-order valence-corrected chi connectivity index (χ0v) is 15.5. The maximum Gasteiger partial charge on any atom is 0.309 e. The number of nitriles is 1. The number of fused-ring (bicyclic) bond motifs is 1. The van der Waals surface area contributed by atoms with Crippen molar-refractivity contribution in [3.05, 3.63) is 16.8 Å². The van der Waals surface area contributed by atoms with Gasteiger partial charge in [-0.25, -0.2) is 0 Å². The number of amides is 1. The lowest BCUT2D eigenvalue weighted by atomic mass is 9.95. The summed E-state index contributed by atoms with van der Waals surface area (Å²) >= 11 is 0. The molecule has 0 aromatic carbocycles. The Morgan fingerprint density at radius 3 is 2.74 bits per heavy atom. The lowest BCUT2D eigenvalue weighted by Gasteiger charge is -2.19. The molecule has 0 unspecified atom stereocenters. The van der Waals surface area contributed by atoms with Gasteiger partial charge in [-0.2, -0.15) is 5.26 Å². The van der Waals surface area contributed by atoms with Gasteiger partial charge in [0.05, 0.1) is 24.1 Å². The minimum Gasteiger partial charge on any atom is -0.455 e. The Morgan fingerprint density at radius 2 is 2.04 bits per heavy atom. The van der Waals surface area contributed by atoms with Gasteiger partial charge >= 0.3 is 5.97 Å². The number of carbonyl (C=O) groups excluding carboxylic acids is 2. The first kappa shape index (κ1) is 18.1. The first-order valence-electron chi connectivity index (χ1n) is 9.89. The van der Waals surface area contributed by atoms with Crippen LogP contribution in [0.3, 0.4) is 0 Å². The Labute approximate surface area is 158 Å². The number of ether oxygens (including phenoxy) is 2. The lowest BCUT2D eigenvalue weighted by Crippen LogP contribution is -2.25. The highest BCUT2D eigenvalue weighted by Crippen LogP contribution is 2.34. The zero-order chi connectivity index (χ0) is 18.8. The van der Waals surface area contributed by atoms with Gasteiger partial charge in [-0.05, 0) is 56.9 Å². The summed E-state index contributed by atoms with van der Waals surface area (Å²) in [7, 11) is 0. The van der Waals surface area contributed by atoms with E-state index in [9.17, 15) is 14.9 Å². The van der Waals surface area contributed by atoms with Crippen LogP contribution in [0, 0.1) is 17.2 Å². The number of nitrogens with zero attached hydrogens (tertiary/aromatic N) is 2. The molecule has 0 bridgehead atoms. The summed E-state index contributed by atoms with van der Waals surface area (Å²) in [6.07, 6.45) is 7.72. The fraction of sp³-hybridized carbons (Fsp3) is 0.650. The van der Waals surface area contributed by atoms with Crippen molar-refractivity contribution in [1.29, 1.82) is 5.26 Å². The summed E-state index contributed by atoms with van der Waals surface area (Å²) in [5.74, 6) is -0.209. The second-order valence-corrected chi connectivity index (χ2v) is 7.64. The van der Waals surface area contributed by atoms with E-state index in [1.54, 1.807) is 0 Å². The van der Waals surface area contributed by atoms with Gasteiger partial charge in [0.1, 0.15) is 11.9 Å². The van der Waals surface area contributed by atoms with Crippen molar-refractivity contribution in [2.75, 3.05) is 18.5 Å². The topological polar surface area (TPSA) is 93.4 Å². The molecule has 7 heteroatoms. The normalized spacial score (nSPS) is 21.4. The van der Waals surface area contributed by atoms with Crippen molar-refractivity contribution in [2.45, 2.75) is 64.0 Å². The van der Waals surface area contributed by atoms with E-state index in [-0.39, 0.29) is 24.6 Å². The molecule has 1 N–H and O–H groups in total. The molecule has 3 aliphatic rings. The minimum absolute atomic E-state index is 0.0387. The summed E-state index contributed by atoms with van der Waals surface area (Å²) in [4.78, 5) is 24.1. The van der Waals surface area contributed by atoms with Crippen LogP contribution >= 0.6 is 0 Å². The van der Waals surface area contributed by atoms with E-state index < -0.39 is 5.91 Å². The minimum atomic E-state index is -0.399. The third kappa shape index (κ3) is 3.86. The second kappa shape index (κ2) is 7.73. The molecule has 0 radical (unpaired) electrons. The predicted octanol–water partition coefficient (Wildman–Crippen LogP) is 2.31. The van der Waals surface area contributed by atoms with Gasteiger partial charge < -0.3 is 19.4 Å². The van der Waals surface area contributed by atoms with Crippen molar-refractivity contribution < 1.29 is 19.1 Å². The van der Waals surface area contributed by atoms with E-state index in [2.05, 4.69) is 16.0 Å². The van der Waals surface area contributed by atoms with E-state index in [0.717, 1.165) is 69.2 Å². The molecule has 0 spiro atoms. The van der Waals surface area contributed by atoms with Gasteiger partial charge in [0.15, 0.2) is 6.61 Å². The number of hydrogen-bond donors (Lipinski definition) is 1. The van der Waals surface area contributed by atoms with E-state index >= 15 is 0 Å². The van der Waals surface area contributed by atoms with Crippen LogP contribution in [0.25, 0.3) is 0 Å². The van der Waals surface area contributed by atoms with Crippen LogP contribution in [0.4, 0.5) is 5.82 Å². The van der Waals surface area contributed by atoms with Crippen LogP contribution in [-0.2, 0) is 38.4 Å². The van der Waals surface area contributed by atoms with Gasteiger partial charge in [0.25, 0.3) is 5.91 Å². The largest absolute Gasteiger partial charge is 0.455 e. The number of carbonyl (C=O) groups is 2. The van der Waals surface area contributed by atoms with E-state index in [1.807, 2.05) is 0 Å². The summed E-state index contributed by atoms with van der Waals surface area (Å²) in [5.41, 5.74) is 2.73. The molecule has 1 saturated carbocycles. The molecule has 1 amide bonds. The van der Waals surface area contributed by atoms with Gasteiger partial charge in [0.2, 0.25) is 0 Å². The lowest BCUT2D eigenvalue weighted by molar-refractivity contribution is -0.148. The van der Waals surface area contributed by atoms with Crippen molar-refractivity contribution in [3.8, 4) is 6.07 Å². The quantitative estimate of drug-likeness (QED) is 0.775. The number of anilines is 1. The zero-order valence-electron chi connectivity index (χ0n) is 15.5. The van der Waals surface area contributed by atoms with E-state index in [0.29, 0.717) is 17.9 Å². The first-order chi connectivity index (χ1) is 13.2. The monoisotopic (exact) mass is 371 g/mol. The Bertz CT molecular complexity index is 782. The van der Waals surface area contributed by atoms with Crippen molar-refractivity contribution in [1.82, 2.24) is 4.57 Å². The van der Waals surface area contributed by atoms with Crippen LogP contribution in [0.15, 0.2) is 0 Å². The molecule has 27 heavy (non-hydrogen) atoms. The highest BCUT2D eigenvalue weighted by molar-refractivity contribution is 5.94. The summed E-state index contributed by atoms with van der Waals surface area (Å²) < 4.78 is 12.9. The van der Waals surface area contributed by atoms with Crippen LogP contribution in [0.5, 0.6) is 0 Å². The number of nitrogens with one attached hydrogen (secondary N) is 1. The Morgan fingerprint density at radius 1 is 1.22 bits per heavy atom. The van der Waals surface area contributed by atoms with Crippen molar-refractivity contribution in [3.63, 3.8) is 0 Å². The van der Waals surface area contributed by atoms with Crippen LogP contribution in [0.2, 0.25) is 0 Å². The number of esters is 1. The van der Waals surface area contributed by atoms with Crippen molar-refractivity contribution in [2.24, 2.45) is 5.92 Å². The number of hydrogen-bond acceptors (Lipinski definition) is 5. The average Bonchev–Trinajstić information content (AvgIpc) is 3.33. The maximum absolute atomic E-state index is 12.4. The van der Waals surface area contributed by atoms with E-state index in [1.165, 1.54) is 0 Å². The van der Waals surface area contributed by atoms with Crippen LogP contribution in [0.1, 0.15) is 55.3 Å². The van der Waals surface area contributed by atoms with Gasteiger partial charge in [0, 0.05) is 12.3 Å². The molecule has 144 valence electrons. The molecule has 1 atom stereocenters.